The molecule has 1 aromatic rings. The third-order valence-electron chi connectivity index (χ3n) is 2.58. The molecule has 0 spiro atoms. The fourth-order valence-electron chi connectivity index (χ4n) is 1.75. The van der Waals surface area contributed by atoms with Gasteiger partial charge in [-0.25, -0.2) is 0 Å². The van der Waals surface area contributed by atoms with Crippen molar-refractivity contribution in [2.75, 3.05) is 6.61 Å². The summed E-state index contributed by atoms with van der Waals surface area (Å²) in [6, 6.07) is 7.64. The van der Waals surface area contributed by atoms with E-state index in [0.29, 0.717) is 19.4 Å². The van der Waals surface area contributed by atoms with Crippen LogP contribution in [0.25, 0.3) is 0 Å². The number of amides is 2. The van der Waals surface area contributed by atoms with Crippen molar-refractivity contribution in [1.82, 2.24) is 5.32 Å². The van der Waals surface area contributed by atoms with Gasteiger partial charge in [-0.2, -0.15) is 0 Å². The number of nitrogens with one attached hydrogen (secondary N) is 1. The van der Waals surface area contributed by atoms with Crippen molar-refractivity contribution < 1.29 is 14.3 Å². The molecule has 1 aliphatic rings. The second-order valence-corrected chi connectivity index (χ2v) is 5.24. The summed E-state index contributed by atoms with van der Waals surface area (Å²) in [7, 11) is 0. The van der Waals surface area contributed by atoms with E-state index in [1.54, 1.807) is 0 Å². The first-order valence-electron chi connectivity index (χ1n) is 5.92. The maximum absolute atomic E-state index is 11.6. The van der Waals surface area contributed by atoms with Crippen LogP contribution in [0, 0.1) is 0 Å². The Morgan fingerprint density at radius 2 is 2.28 bits per heavy atom. The molecule has 0 radical (unpaired) electrons. The van der Waals surface area contributed by atoms with Crippen LogP contribution in [0.3, 0.4) is 0 Å². The van der Waals surface area contributed by atoms with Gasteiger partial charge in [0.05, 0.1) is 11.9 Å². The molecule has 0 saturated carbocycles. The van der Waals surface area contributed by atoms with Gasteiger partial charge in [-0.3, -0.25) is 14.9 Å². The van der Waals surface area contributed by atoms with E-state index in [1.807, 2.05) is 31.2 Å². The Hall–Kier alpha value is -1.49. The first-order chi connectivity index (χ1) is 8.69. The third-order valence-corrected chi connectivity index (χ3v) is 3.84. The van der Waals surface area contributed by atoms with Gasteiger partial charge < -0.3 is 4.74 Å². The van der Waals surface area contributed by atoms with Crippen LogP contribution in [0.5, 0.6) is 5.75 Å². The highest BCUT2D eigenvalue weighted by molar-refractivity contribution is 8.00. The summed E-state index contributed by atoms with van der Waals surface area (Å²) < 4.78 is 5.41. The predicted octanol–water partition coefficient (Wildman–Crippen LogP) is 1.98. The van der Waals surface area contributed by atoms with Crippen LogP contribution in [0.1, 0.15) is 19.8 Å². The summed E-state index contributed by atoms with van der Waals surface area (Å²) in [6.07, 6.45) is 1.00. The maximum Gasteiger partial charge on any atom is 0.240 e. The molecule has 1 heterocycles. The van der Waals surface area contributed by atoms with Gasteiger partial charge in [0.15, 0.2) is 0 Å². The lowest BCUT2D eigenvalue weighted by Gasteiger charge is -2.20. The predicted molar refractivity (Wildman–Crippen MR) is 69.6 cm³/mol. The highest BCUT2D eigenvalue weighted by Gasteiger charge is 2.27. The lowest BCUT2D eigenvalue weighted by atomic mass is 10.1. The fourth-order valence-corrected chi connectivity index (χ4v) is 2.83. The molecule has 1 fully saturated rings. The van der Waals surface area contributed by atoms with Crippen molar-refractivity contribution >= 4 is 23.6 Å². The van der Waals surface area contributed by atoms with E-state index < -0.39 is 0 Å². The number of hydrogen-bond acceptors (Lipinski definition) is 4. The molecule has 1 N–H and O–H groups in total. The number of imide groups is 1. The molecule has 1 atom stereocenters. The summed E-state index contributed by atoms with van der Waals surface area (Å²) in [5.74, 6) is 0.424. The quantitative estimate of drug-likeness (QED) is 0.846. The molecule has 0 aromatic heterocycles. The number of thioether (sulfide) groups is 1. The van der Waals surface area contributed by atoms with E-state index in [1.165, 1.54) is 11.8 Å². The van der Waals surface area contributed by atoms with Gasteiger partial charge in [-0.15, -0.1) is 11.8 Å². The second-order valence-electron chi connectivity index (χ2n) is 3.97. The first kappa shape index (κ1) is 13.0. The van der Waals surface area contributed by atoms with Crippen molar-refractivity contribution in [3.8, 4) is 5.75 Å². The molecular formula is C13H15NO3S. The lowest BCUT2D eigenvalue weighted by Crippen LogP contribution is -2.42. The van der Waals surface area contributed by atoms with Crippen LogP contribution in [0.2, 0.25) is 0 Å². The number of carbonyl (C=O) groups is 2. The van der Waals surface area contributed by atoms with Gasteiger partial charge in [0.2, 0.25) is 11.8 Å². The van der Waals surface area contributed by atoms with Crippen LogP contribution in [-0.4, -0.2) is 23.7 Å². The van der Waals surface area contributed by atoms with Crippen LogP contribution < -0.4 is 10.1 Å². The topological polar surface area (TPSA) is 55.4 Å². The van der Waals surface area contributed by atoms with E-state index in [2.05, 4.69) is 5.32 Å². The molecule has 4 nitrogen and oxygen atoms in total. The van der Waals surface area contributed by atoms with Crippen molar-refractivity contribution in [1.29, 1.82) is 0 Å². The summed E-state index contributed by atoms with van der Waals surface area (Å²) in [5.41, 5.74) is 0. The standard InChI is InChI=1S/C13H15NO3S/c1-2-17-9-4-3-5-10(8-9)18-11-6-7-12(15)14-13(11)16/h3-5,8,11H,2,6-7H2,1H3,(H,14,15,16). The minimum Gasteiger partial charge on any atom is -0.494 e. The normalized spacial score (nSPS) is 19.5. The zero-order chi connectivity index (χ0) is 13.0. The molecule has 0 aliphatic carbocycles. The zero-order valence-corrected chi connectivity index (χ0v) is 11.0. The van der Waals surface area contributed by atoms with Gasteiger partial charge in [0.1, 0.15) is 5.75 Å². The summed E-state index contributed by atoms with van der Waals surface area (Å²) >= 11 is 1.47. The van der Waals surface area contributed by atoms with E-state index in [4.69, 9.17) is 4.74 Å². The summed E-state index contributed by atoms with van der Waals surface area (Å²) in [5, 5.41) is 2.16. The molecule has 2 amide bonds. The van der Waals surface area contributed by atoms with E-state index >= 15 is 0 Å². The summed E-state index contributed by atoms with van der Waals surface area (Å²) in [6.45, 7) is 2.55. The van der Waals surface area contributed by atoms with Gasteiger partial charge in [-0.1, -0.05) is 6.07 Å². The van der Waals surface area contributed by atoms with Crippen LogP contribution in [0.15, 0.2) is 29.2 Å². The monoisotopic (exact) mass is 265 g/mol. The highest BCUT2D eigenvalue weighted by atomic mass is 32.2. The molecule has 1 aliphatic heterocycles. The number of ether oxygens (including phenoxy) is 1. The summed E-state index contributed by atoms with van der Waals surface area (Å²) in [4.78, 5) is 23.7. The number of rotatable bonds is 4. The Balaban J connectivity index is 2.02. The van der Waals surface area contributed by atoms with Crippen LogP contribution >= 0.6 is 11.8 Å². The SMILES string of the molecule is CCOc1cccc(SC2CCC(=O)NC2=O)c1. The fraction of sp³-hybridized carbons (Fsp3) is 0.385. The zero-order valence-electron chi connectivity index (χ0n) is 10.1. The molecular weight excluding hydrogens is 250 g/mol. The number of hydrogen-bond donors (Lipinski definition) is 1. The van der Waals surface area contributed by atoms with Crippen molar-refractivity contribution in [3.63, 3.8) is 0 Å². The minimum absolute atomic E-state index is 0.181. The maximum atomic E-state index is 11.6. The van der Waals surface area contributed by atoms with Gasteiger partial charge in [0, 0.05) is 11.3 Å². The Bertz CT molecular complexity index is 461. The van der Waals surface area contributed by atoms with Crippen molar-refractivity contribution in [2.45, 2.75) is 29.9 Å². The van der Waals surface area contributed by atoms with E-state index in [9.17, 15) is 9.59 Å². The van der Waals surface area contributed by atoms with Gasteiger partial charge in [-0.05, 0) is 31.5 Å². The molecule has 1 saturated heterocycles. The molecule has 5 heteroatoms. The molecule has 96 valence electrons. The Morgan fingerprint density at radius 3 is 3.00 bits per heavy atom. The largest absolute Gasteiger partial charge is 0.494 e. The molecule has 18 heavy (non-hydrogen) atoms. The average molecular weight is 265 g/mol. The van der Waals surface area contributed by atoms with Crippen LogP contribution in [0.4, 0.5) is 0 Å². The number of carbonyl (C=O) groups excluding carboxylic acids is 2. The Morgan fingerprint density at radius 1 is 1.44 bits per heavy atom. The van der Waals surface area contributed by atoms with Crippen molar-refractivity contribution in [2.24, 2.45) is 0 Å². The Labute approximate surface area is 110 Å². The molecule has 1 aromatic carbocycles. The Kier molecular flexibility index (Phi) is 4.25. The third kappa shape index (κ3) is 3.26. The molecule has 1 unspecified atom stereocenters. The molecule has 0 bridgehead atoms. The van der Waals surface area contributed by atoms with E-state index in [-0.39, 0.29) is 17.1 Å². The van der Waals surface area contributed by atoms with Crippen LogP contribution in [-0.2, 0) is 9.59 Å². The van der Waals surface area contributed by atoms with Gasteiger partial charge >= 0.3 is 0 Å². The second kappa shape index (κ2) is 5.91. The number of benzene rings is 1. The smallest absolute Gasteiger partial charge is 0.240 e. The number of piperidine rings is 1. The van der Waals surface area contributed by atoms with Gasteiger partial charge in [0.25, 0.3) is 0 Å². The molecule has 2 rings (SSSR count). The average Bonchev–Trinajstić information content (AvgIpc) is 2.34. The first-order valence-corrected chi connectivity index (χ1v) is 6.80. The van der Waals surface area contributed by atoms with E-state index in [0.717, 1.165) is 10.6 Å². The minimum atomic E-state index is -0.196. The van der Waals surface area contributed by atoms with Crippen molar-refractivity contribution in [3.05, 3.63) is 24.3 Å². The lowest BCUT2D eigenvalue weighted by molar-refractivity contribution is -0.132. The highest BCUT2D eigenvalue weighted by Crippen LogP contribution is 2.30.